The second-order valence-electron chi connectivity index (χ2n) is 4.08. The van der Waals surface area contributed by atoms with Crippen LogP contribution in [0.4, 0.5) is 10.8 Å². The molecule has 6 heteroatoms. The van der Waals surface area contributed by atoms with E-state index in [1.807, 2.05) is 18.2 Å². The van der Waals surface area contributed by atoms with Gasteiger partial charge in [-0.05, 0) is 30.3 Å². The molecule has 0 bridgehead atoms. The SMILES string of the molecule is O=c1sc(Nc2ccc(Cl)c(Cl)c2)nc2ccccc12. The predicted molar refractivity (Wildman–Crippen MR) is 85.6 cm³/mol. The van der Waals surface area contributed by atoms with Gasteiger partial charge in [0.15, 0.2) is 5.13 Å². The van der Waals surface area contributed by atoms with Crippen LogP contribution >= 0.6 is 34.5 Å². The molecule has 0 saturated heterocycles. The summed E-state index contributed by atoms with van der Waals surface area (Å²) in [6.45, 7) is 0. The van der Waals surface area contributed by atoms with Gasteiger partial charge in [0.25, 0.3) is 0 Å². The van der Waals surface area contributed by atoms with Crippen LogP contribution in [0.15, 0.2) is 47.3 Å². The Morgan fingerprint density at radius 2 is 1.85 bits per heavy atom. The summed E-state index contributed by atoms with van der Waals surface area (Å²) in [5, 5.41) is 5.14. The van der Waals surface area contributed by atoms with Crippen LogP contribution in [-0.2, 0) is 0 Å². The van der Waals surface area contributed by atoms with Crippen LogP contribution in [0.25, 0.3) is 10.9 Å². The van der Waals surface area contributed by atoms with E-state index in [9.17, 15) is 4.79 Å². The maximum atomic E-state index is 12.0. The minimum Gasteiger partial charge on any atom is -0.331 e. The second kappa shape index (κ2) is 5.40. The summed E-state index contributed by atoms with van der Waals surface area (Å²) in [6, 6.07) is 12.4. The van der Waals surface area contributed by atoms with Crippen LogP contribution in [0.1, 0.15) is 0 Å². The van der Waals surface area contributed by atoms with Crippen molar-refractivity contribution in [2.24, 2.45) is 0 Å². The summed E-state index contributed by atoms with van der Waals surface area (Å²) >= 11 is 12.9. The quantitative estimate of drug-likeness (QED) is 0.743. The fourth-order valence-corrected chi connectivity index (χ4v) is 2.84. The van der Waals surface area contributed by atoms with E-state index in [2.05, 4.69) is 10.3 Å². The molecule has 1 aromatic heterocycles. The molecule has 0 aliphatic heterocycles. The first-order chi connectivity index (χ1) is 9.63. The molecule has 0 amide bonds. The molecule has 0 radical (unpaired) electrons. The molecule has 0 aliphatic rings. The lowest BCUT2D eigenvalue weighted by Crippen LogP contribution is -2.01. The van der Waals surface area contributed by atoms with Gasteiger partial charge in [-0.25, -0.2) is 4.98 Å². The van der Waals surface area contributed by atoms with Crippen molar-refractivity contribution < 1.29 is 0 Å². The van der Waals surface area contributed by atoms with Crippen molar-refractivity contribution in [1.29, 1.82) is 0 Å². The van der Waals surface area contributed by atoms with Crippen LogP contribution in [0.2, 0.25) is 10.0 Å². The summed E-state index contributed by atoms with van der Waals surface area (Å²) in [5.41, 5.74) is 1.40. The fraction of sp³-hybridized carbons (Fsp3) is 0. The van der Waals surface area contributed by atoms with Crippen molar-refractivity contribution in [3.63, 3.8) is 0 Å². The van der Waals surface area contributed by atoms with Crippen molar-refractivity contribution in [3.05, 3.63) is 62.0 Å². The zero-order chi connectivity index (χ0) is 14.1. The zero-order valence-electron chi connectivity index (χ0n) is 10.1. The van der Waals surface area contributed by atoms with E-state index in [4.69, 9.17) is 23.2 Å². The second-order valence-corrected chi connectivity index (χ2v) is 5.85. The average molecular weight is 323 g/mol. The Bertz CT molecular complexity index is 848. The van der Waals surface area contributed by atoms with Crippen LogP contribution in [0, 0.1) is 0 Å². The van der Waals surface area contributed by atoms with Gasteiger partial charge < -0.3 is 5.32 Å². The summed E-state index contributed by atoms with van der Waals surface area (Å²) in [7, 11) is 0. The minimum atomic E-state index is -0.0295. The number of anilines is 2. The molecule has 20 heavy (non-hydrogen) atoms. The number of hydrogen-bond acceptors (Lipinski definition) is 4. The monoisotopic (exact) mass is 322 g/mol. The highest BCUT2D eigenvalue weighted by Gasteiger charge is 2.05. The first kappa shape index (κ1) is 13.4. The highest BCUT2D eigenvalue weighted by Crippen LogP contribution is 2.27. The maximum absolute atomic E-state index is 12.0. The summed E-state index contributed by atoms with van der Waals surface area (Å²) < 4.78 is -0.0295. The third-order valence-corrected chi connectivity index (χ3v) is 4.24. The number of hydrogen-bond donors (Lipinski definition) is 1. The Kier molecular flexibility index (Phi) is 3.61. The molecule has 3 rings (SSSR count). The first-order valence-corrected chi connectivity index (χ1v) is 7.33. The smallest absolute Gasteiger partial charge is 0.245 e. The molecule has 0 atom stereocenters. The van der Waals surface area contributed by atoms with E-state index in [1.165, 1.54) is 0 Å². The third-order valence-electron chi connectivity index (χ3n) is 2.71. The number of aromatic nitrogens is 1. The summed E-state index contributed by atoms with van der Waals surface area (Å²) in [6.07, 6.45) is 0. The third kappa shape index (κ3) is 2.63. The van der Waals surface area contributed by atoms with Gasteiger partial charge in [-0.3, -0.25) is 4.79 Å². The highest BCUT2D eigenvalue weighted by atomic mass is 35.5. The van der Waals surface area contributed by atoms with Gasteiger partial charge in [0.1, 0.15) is 0 Å². The normalized spacial score (nSPS) is 10.7. The minimum absolute atomic E-state index is 0.0295. The van der Waals surface area contributed by atoms with E-state index in [0.29, 0.717) is 26.1 Å². The van der Waals surface area contributed by atoms with Gasteiger partial charge in [-0.2, -0.15) is 0 Å². The molecular formula is C14H8Cl2N2OS. The van der Waals surface area contributed by atoms with E-state index in [1.54, 1.807) is 24.3 Å². The lowest BCUT2D eigenvalue weighted by molar-refractivity contribution is 1.42. The number of nitrogens with one attached hydrogen (secondary N) is 1. The molecule has 0 unspecified atom stereocenters. The largest absolute Gasteiger partial charge is 0.331 e. The average Bonchev–Trinajstić information content (AvgIpc) is 2.43. The number of benzene rings is 2. The van der Waals surface area contributed by atoms with Crippen LogP contribution in [0.3, 0.4) is 0 Å². The van der Waals surface area contributed by atoms with Gasteiger partial charge in [0.05, 0.1) is 20.9 Å². The van der Waals surface area contributed by atoms with E-state index >= 15 is 0 Å². The highest BCUT2D eigenvalue weighted by molar-refractivity contribution is 7.13. The Balaban J connectivity index is 2.02. The fourth-order valence-electron chi connectivity index (χ4n) is 1.77. The summed E-state index contributed by atoms with van der Waals surface area (Å²) in [4.78, 5) is 16.4. The lowest BCUT2D eigenvalue weighted by Gasteiger charge is -2.06. The Hall–Kier alpha value is -1.62. The molecule has 0 saturated carbocycles. The molecule has 0 aliphatic carbocycles. The van der Waals surface area contributed by atoms with Crippen LogP contribution < -0.4 is 10.1 Å². The molecule has 2 aromatic carbocycles. The van der Waals surface area contributed by atoms with Gasteiger partial charge in [-0.1, -0.05) is 46.7 Å². The number of para-hydroxylation sites is 1. The molecular weight excluding hydrogens is 315 g/mol. The molecule has 1 heterocycles. The molecule has 3 aromatic rings. The van der Waals surface area contributed by atoms with Crippen LogP contribution in [-0.4, -0.2) is 4.98 Å². The zero-order valence-corrected chi connectivity index (χ0v) is 12.4. The maximum Gasteiger partial charge on any atom is 0.245 e. The van der Waals surface area contributed by atoms with E-state index in [-0.39, 0.29) is 4.74 Å². The lowest BCUT2D eigenvalue weighted by atomic mass is 10.3. The molecule has 0 fully saturated rings. The number of rotatable bonds is 2. The first-order valence-electron chi connectivity index (χ1n) is 5.75. The van der Waals surface area contributed by atoms with Gasteiger partial charge >= 0.3 is 0 Å². The number of nitrogens with zero attached hydrogens (tertiary/aromatic N) is 1. The molecule has 3 nitrogen and oxygen atoms in total. The predicted octanol–water partition coefficient (Wildman–Crippen LogP) is 4.71. The van der Waals surface area contributed by atoms with Crippen molar-refractivity contribution in [3.8, 4) is 0 Å². The Morgan fingerprint density at radius 1 is 1.05 bits per heavy atom. The number of fused-ring (bicyclic) bond motifs is 1. The van der Waals surface area contributed by atoms with Gasteiger partial charge in [0.2, 0.25) is 4.74 Å². The molecule has 100 valence electrons. The van der Waals surface area contributed by atoms with Crippen molar-refractivity contribution >= 4 is 56.3 Å². The molecule has 1 N–H and O–H groups in total. The van der Waals surface area contributed by atoms with Crippen molar-refractivity contribution in [2.75, 3.05) is 5.32 Å². The van der Waals surface area contributed by atoms with Crippen molar-refractivity contribution in [2.45, 2.75) is 0 Å². The topological polar surface area (TPSA) is 42.0 Å². The van der Waals surface area contributed by atoms with Gasteiger partial charge in [0, 0.05) is 5.69 Å². The Morgan fingerprint density at radius 3 is 2.65 bits per heavy atom. The Labute approximate surface area is 128 Å². The van der Waals surface area contributed by atoms with Crippen LogP contribution in [0.5, 0.6) is 0 Å². The molecule has 0 spiro atoms. The summed E-state index contributed by atoms with van der Waals surface area (Å²) in [5.74, 6) is 0. The standard InChI is InChI=1S/C14H8Cl2N2OS/c15-10-6-5-8(7-11(10)16)17-14-18-12-4-2-1-3-9(12)13(19)20-14/h1-7H,(H,17,18). The van der Waals surface area contributed by atoms with Crippen molar-refractivity contribution in [1.82, 2.24) is 4.98 Å². The number of halogens is 2. The van der Waals surface area contributed by atoms with Gasteiger partial charge in [-0.15, -0.1) is 0 Å². The van der Waals surface area contributed by atoms with E-state index in [0.717, 1.165) is 17.0 Å². The van der Waals surface area contributed by atoms with E-state index < -0.39 is 0 Å².